The Balaban J connectivity index is 2.40. The molecule has 0 atom stereocenters. The molecule has 2 rings (SSSR count). The maximum atomic E-state index is 2.23. The van der Waals surface area contributed by atoms with Gasteiger partial charge in [0.1, 0.15) is 0 Å². The summed E-state index contributed by atoms with van der Waals surface area (Å²) < 4.78 is 0. The van der Waals surface area contributed by atoms with Gasteiger partial charge >= 0.3 is 0 Å². The Hall–Kier alpha value is -1.56. The molecule has 1 aromatic rings. The van der Waals surface area contributed by atoms with E-state index >= 15 is 0 Å². The van der Waals surface area contributed by atoms with Crippen LogP contribution in [0.15, 0.2) is 60.2 Å². The highest BCUT2D eigenvalue weighted by atomic mass is 14.1. The third-order valence-electron chi connectivity index (χ3n) is 2.63. The van der Waals surface area contributed by atoms with Crippen molar-refractivity contribution in [3.63, 3.8) is 0 Å². The Kier molecular flexibility index (Phi) is 3.18. The zero-order valence-corrected chi connectivity index (χ0v) is 9.11. The van der Waals surface area contributed by atoms with E-state index in [1.54, 1.807) is 0 Å². The second-order valence-corrected chi connectivity index (χ2v) is 3.77. The summed E-state index contributed by atoms with van der Waals surface area (Å²) in [4.78, 5) is 0. The third-order valence-corrected chi connectivity index (χ3v) is 2.63. The van der Waals surface area contributed by atoms with Gasteiger partial charge in [-0.2, -0.15) is 0 Å². The van der Waals surface area contributed by atoms with Gasteiger partial charge in [-0.05, 0) is 23.1 Å². The van der Waals surface area contributed by atoms with Crippen molar-refractivity contribution in [1.29, 1.82) is 0 Å². The van der Waals surface area contributed by atoms with Gasteiger partial charge in [-0.3, -0.25) is 0 Å². The Bertz CT molecular complexity index is 391. The summed E-state index contributed by atoms with van der Waals surface area (Å²) in [5.74, 6) is 0. The molecule has 0 saturated heterocycles. The molecule has 0 radical (unpaired) electrons. The van der Waals surface area contributed by atoms with Gasteiger partial charge in [0.05, 0.1) is 0 Å². The fourth-order valence-corrected chi connectivity index (χ4v) is 1.92. The van der Waals surface area contributed by atoms with Crippen LogP contribution < -0.4 is 0 Å². The molecule has 1 aliphatic rings. The molecule has 0 bridgehead atoms. The maximum absolute atomic E-state index is 2.23. The first-order valence-corrected chi connectivity index (χ1v) is 5.55. The summed E-state index contributed by atoms with van der Waals surface area (Å²) in [5, 5.41) is 0. The minimum Gasteiger partial charge on any atom is -0.0651 e. The molecule has 1 aromatic carbocycles. The van der Waals surface area contributed by atoms with Gasteiger partial charge in [-0.1, -0.05) is 68.0 Å². The Morgan fingerprint density at radius 2 is 1.67 bits per heavy atom. The van der Waals surface area contributed by atoms with Crippen LogP contribution in [0.25, 0.3) is 5.57 Å². The van der Waals surface area contributed by atoms with Crippen molar-refractivity contribution in [2.45, 2.75) is 19.8 Å². The van der Waals surface area contributed by atoms with Crippen molar-refractivity contribution >= 4 is 5.57 Å². The highest BCUT2D eigenvalue weighted by Gasteiger charge is 2.05. The maximum Gasteiger partial charge on any atom is -0.0219 e. The molecule has 0 N–H and O–H groups in total. The molecular formula is C15H16. The molecule has 0 aliphatic heterocycles. The summed E-state index contributed by atoms with van der Waals surface area (Å²) in [6, 6.07) is 10.7. The van der Waals surface area contributed by atoms with Gasteiger partial charge in [0, 0.05) is 0 Å². The molecule has 1 aliphatic carbocycles. The molecule has 0 amide bonds. The molecule has 0 spiro atoms. The lowest BCUT2D eigenvalue weighted by molar-refractivity contribution is 0.970. The molecule has 0 aromatic heterocycles. The van der Waals surface area contributed by atoms with E-state index < -0.39 is 0 Å². The molecule has 0 unspecified atom stereocenters. The third kappa shape index (κ3) is 2.27. The van der Waals surface area contributed by atoms with Crippen LogP contribution in [0.3, 0.4) is 0 Å². The average Bonchev–Trinajstić information content (AvgIpc) is 2.80. The molecular weight excluding hydrogens is 180 g/mol. The number of allylic oxidation sites excluding steroid dienone is 6. The fraction of sp³-hybridized carbons (Fsp3) is 0.200. The van der Waals surface area contributed by atoms with E-state index in [9.17, 15) is 0 Å². The Morgan fingerprint density at radius 3 is 2.27 bits per heavy atom. The summed E-state index contributed by atoms with van der Waals surface area (Å²) >= 11 is 0. The van der Waals surface area contributed by atoms with Gasteiger partial charge in [0.15, 0.2) is 0 Å². The van der Waals surface area contributed by atoms with Crippen molar-refractivity contribution in [3.05, 3.63) is 65.8 Å². The molecule has 15 heavy (non-hydrogen) atoms. The van der Waals surface area contributed by atoms with Gasteiger partial charge in [0.2, 0.25) is 0 Å². The van der Waals surface area contributed by atoms with Crippen LogP contribution in [-0.2, 0) is 0 Å². The highest BCUT2D eigenvalue weighted by Crippen LogP contribution is 2.27. The van der Waals surface area contributed by atoms with Crippen LogP contribution in [-0.4, -0.2) is 0 Å². The summed E-state index contributed by atoms with van der Waals surface area (Å²) in [6.07, 6.45) is 10.9. The van der Waals surface area contributed by atoms with E-state index in [1.807, 2.05) is 0 Å². The quantitative estimate of drug-likeness (QED) is 0.673. The van der Waals surface area contributed by atoms with Gasteiger partial charge < -0.3 is 0 Å². The van der Waals surface area contributed by atoms with E-state index in [0.29, 0.717) is 0 Å². The standard InChI is InChI=1S/C15H16/c1-2-8-15(14-11-6-7-12-14)13-9-4-3-5-10-13/h3-7,9-12H,2,8H2,1H3. The normalized spacial score (nSPS) is 13.5. The van der Waals surface area contributed by atoms with E-state index in [-0.39, 0.29) is 0 Å². The van der Waals surface area contributed by atoms with Crippen LogP contribution in [0, 0.1) is 0 Å². The minimum absolute atomic E-state index is 1.15. The first-order valence-electron chi connectivity index (χ1n) is 5.55. The molecule has 0 heteroatoms. The van der Waals surface area contributed by atoms with Crippen LogP contribution in [0.5, 0.6) is 0 Å². The van der Waals surface area contributed by atoms with Crippen molar-refractivity contribution in [1.82, 2.24) is 0 Å². The zero-order chi connectivity index (χ0) is 10.5. The zero-order valence-electron chi connectivity index (χ0n) is 9.11. The number of hydrogen-bond acceptors (Lipinski definition) is 0. The SMILES string of the molecule is CCCC(=C1C=CC=C1)c1ccccc1. The van der Waals surface area contributed by atoms with E-state index in [2.05, 4.69) is 61.6 Å². The van der Waals surface area contributed by atoms with Gasteiger partial charge in [-0.15, -0.1) is 0 Å². The second kappa shape index (κ2) is 4.79. The topological polar surface area (TPSA) is 0 Å². The number of rotatable bonds is 3. The lowest BCUT2D eigenvalue weighted by Gasteiger charge is -2.08. The minimum atomic E-state index is 1.15. The summed E-state index contributed by atoms with van der Waals surface area (Å²) in [5.41, 5.74) is 4.18. The molecule has 0 nitrogen and oxygen atoms in total. The van der Waals surface area contributed by atoms with Crippen LogP contribution in [0.4, 0.5) is 0 Å². The van der Waals surface area contributed by atoms with Crippen molar-refractivity contribution in [2.24, 2.45) is 0 Å². The summed E-state index contributed by atoms with van der Waals surface area (Å²) in [7, 11) is 0. The van der Waals surface area contributed by atoms with Crippen molar-refractivity contribution in [2.75, 3.05) is 0 Å². The lowest BCUT2D eigenvalue weighted by Crippen LogP contribution is -1.87. The fourth-order valence-electron chi connectivity index (χ4n) is 1.92. The molecule has 0 fully saturated rings. The molecule has 76 valence electrons. The van der Waals surface area contributed by atoms with E-state index in [1.165, 1.54) is 23.1 Å². The number of hydrogen-bond donors (Lipinski definition) is 0. The van der Waals surface area contributed by atoms with Crippen LogP contribution >= 0.6 is 0 Å². The van der Waals surface area contributed by atoms with Gasteiger partial charge in [-0.25, -0.2) is 0 Å². The number of benzene rings is 1. The van der Waals surface area contributed by atoms with Crippen molar-refractivity contribution < 1.29 is 0 Å². The molecule has 0 heterocycles. The van der Waals surface area contributed by atoms with E-state index in [0.717, 1.165) is 6.42 Å². The summed E-state index contributed by atoms with van der Waals surface area (Å²) in [6.45, 7) is 2.23. The Morgan fingerprint density at radius 1 is 1.00 bits per heavy atom. The van der Waals surface area contributed by atoms with Crippen LogP contribution in [0.1, 0.15) is 25.3 Å². The van der Waals surface area contributed by atoms with Crippen molar-refractivity contribution in [3.8, 4) is 0 Å². The largest absolute Gasteiger partial charge is 0.0651 e. The van der Waals surface area contributed by atoms with Crippen LogP contribution in [0.2, 0.25) is 0 Å². The highest BCUT2D eigenvalue weighted by molar-refractivity contribution is 5.74. The monoisotopic (exact) mass is 196 g/mol. The second-order valence-electron chi connectivity index (χ2n) is 3.77. The first kappa shape index (κ1) is 9.97. The molecule has 0 saturated carbocycles. The predicted octanol–water partition coefficient (Wildman–Crippen LogP) is 4.37. The lowest BCUT2D eigenvalue weighted by atomic mass is 9.96. The first-order chi connectivity index (χ1) is 7.42. The smallest absolute Gasteiger partial charge is 0.0219 e. The van der Waals surface area contributed by atoms with E-state index in [4.69, 9.17) is 0 Å². The Labute approximate surface area is 91.6 Å². The predicted molar refractivity (Wildman–Crippen MR) is 66.6 cm³/mol. The van der Waals surface area contributed by atoms with Gasteiger partial charge in [0.25, 0.3) is 0 Å². The average molecular weight is 196 g/mol.